The van der Waals surface area contributed by atoms with E-state index in [1.807, 2.05) is 23.4 Å². The largest absolute Gasteiger partial charge is 0.322 e. The van der Waals surface area contributed by atoms with E-state index in [9.17, 15) is 0 Å². The summed E-state index contributed by atoms with van der Waals surface area (Å²) in [6, 6.07) is 0.319. The van der Waals surface area contributed by atoms with Crippen molar-refractivity contribution in [1.82, 2.24) is 20.2 Å². The molecule has 1 aliphatic carbocycles. The van der Waals surface area contributed by atoms with Gasteiger partial charge in [-0.25, -0.2) is 4.68 Å². The molecule has 3 atom stereocenters. The van der Waals surface area contributed by atoms with Gasteiger partial charge in [-0.3, -0.25) is 0 Å². The van der Waals surface area contributed by atoms with Crippen LogP contribution in [0, 0.1) is 0 Å². The number of aromatic nitrogens is 4. The van der Waals surface area contributed by atoms with Crippen LogP contribution in [0.4, 0.5) is 0 Å². The van der Waals surface area contributed by atoms with E-state index in [1.165, 1.54) is 19.3 Å². The molecule has 2 N–H and O–H groups in total. The number of thioether (sulfide) groups is 1. The first kappa shape index (κ1) is 11.9. The number of nitrogens with two attached hydrogens (primary N) is 1. The molecule has 0 aliphatic heterocycles. The maximum atomic E-state index is 5.88. The Morgan fingerprint density at radius 2 is 2.19 bits per heavy atom. The highest BCUT2D eigenvalue weighted by atomic mass is 32.2. The first-order chi connectivity index (χ1) is 7.74. The van der Waals surface area contributed by atoms with Crippen LogP contribution >= 0.6 is 11.8 Å². The second-order valence-corrected chi connectivity index (χ2v) is 5.47. The van der Waals surface area contributed by atoms with Crippen molar-refractivity contribution in [2.24, 2.45) is 5.73 Å². The molecular formula is C10H19N5S. The smallest absolute Gasteiger partial charge is 0.168 e. The fourth-order valence-electron chi connectivity index (χ4n) is 2.37. The van der Waals surface area contributed by atoms with Crippen LogP contribution in [0.25, 0.3) is 0 Å². The van der Waals surface area contributed by atoms with Gasteiger partial charge in [-0.05, 0) is 36.4 Å². The van der Waals surface area contributed by atoms with Crippen molar-refractivity contribution >= 4 is 11.8 Å². The second kappa shape index (κ2) is 5.14. The molecule has 90 valence electrons. The fourth-order valence-corrected chi connectivity index (χ4v) is 3.34. The van der Waals surface area contributed by atoms with Crippen LogP contribution in [0.5, 0.6) is 0 Å². The standard InChI is InChI=1S/C10H19N5S/c1-7(11)10-12-13-14-15(10)8-5-3-4-6-9(8)16-2/h7-9H,3-6,11H2,1-2H3. The lowest BCUT2D eigenvalue weighted by Gasteiger charge is -2.30. The van der Waals surface area contributed by atoms with E-state index in [-0.39, 0.29) is 6.04 Å². The van der Waals surface area contributed by atoms with Gasteiger partial charge in [-0.1, -0.05) is 12.8 Å². The van der Waals surface area contributed by atoms with E-state index >= 15 is 0 Å². The van der Waals surface area contributed by atoms with Gasteiger partial charge in [0.15, 0.2) is 5.82 Å². The highest BCUT2D eigenvalue weighted by Gasteiger charge is 2.29. The molecule has 0 saturated heterocycles. The number of tetrazole rings is 1. The van der Waals surface area contributed by atoms with Crippen molar-refractivity contribution in [3.05, 3.63) is 5.82 Å². The predicted octanol–water partition coefficient (Wildman–Crippen LogP) is 1.54. The first-order valence-electron chi connectivity index (χ1n) is 5.80. The molecule has 1 fully saturated rings. The van der Waals surface area contributed by atoms with E-state index in [0.717, 1.165) is 12.2 Å². The lowest BCUT2D eigenvalue weighted by atomic mass is 9.95. The molecule has 1 heterocycles. The van der Waals surface area contributed by atoms with E-state index in [1.54, 1.807) is 0 Å². The molecule has 6 heteroatoms. The normalized spacial score (nSPS) is 27.9. The predicted molar refractivity (Wildman–Crippen MR) is 65.2 cm³/mol. The Labute approximate surface area is 100 Å². The minimum absolute atomic E-state index is 0.0977. The summed E-state index contributed by atoms with van der Waals surface area (Å²) >= 11 is 1.92. The third-order valence-electron chi connectivity index (χ3n) is 3.21. The lowest BCUT2D eigenvalue weighted by molar-refractivity contribution is 0.323. The van der Waals surface area contributed by atoms with Crippen molar-refractivity contribution in [2.75, 3.05) is 6.26 Å². The van der Waals surface area contributed by atoms with Gasteiger partial charge in [0.2, 0.25) is 0 Å². The van der Waals surface area contributed by atoms with Gasteiger partial charge in [0.1, 0.15) is 0 Å². The summed E-state index contributed by atoms with van der Waals surface area (Å²) < 4.78 is 1.95. The summed E-state index contributed by atoms with van der Waals surface area (Å²) in [6.07, 6.45) is 7.16. The SMILES string of the molecule is CSC1CCCCC1n1nnnc1C(C)N. The Morgan fingerprint density at radius 3 is 2.88 bits per heavy atom. The molecule has 1 aliphatic rings. The second-order valence-electron chi connectivity index (χ2n) is 4.40. The summed E-state index contributed by atoms with van der Waals surface area (Å²) in [5.41, 5.74) is 5.88. The minimum atomic E-state index is -0.0977. The van der Waals surface area contributed by atoms with Crippen LogP contribution in [0.1, 0.15) is 50.5 Å². The molecule has 16 heavy (non-hydrogen) atoms. The monoisotopic (exact) mass is 241 g/mol. The highest BCUT2D eigenvalue weighted by Crippen LogP contribution is 2.35. The first-order valence-corrected chi connectivity index (χ1v) is 7.09. The molecule has 5 nitrogen and oxygen atoms in total. The molecule has 0 bridgehead atoms. The van der Waals surface area contributed by atoms with Crippen molar-refractivity contribution in [3.63, 3.8) is 0 Å². The summed E-state index contributed by atoms with van der Waals surface area (Å²) in [5, 5.41) is 12.5. The number of hydrogen-bond donors (Lipinski definition) is 1. The van der Waals surface area contributed by atoms with Crippen LogP contribution < -0.4 is 5.73 Å². The van der Waals surface area contributed by atoms with Crippen LogP contribution in [0.2, 0.25) is 0 Å². The summed E-state index contributed by atoms with van der Waals surface area (Å²) in [7, 11) is 0. The fraction of sp³-hybridized carbons (Fsp3) is 0.900. The van der Waals surface area contributed by atoms with Gasteiger partial charge < -0.3 is 5.73 Å². The molecule has 3 unspecified atom stereocenters. The average Bonchev–Trinajstić information content (AvgIpc) is 2.77. The average molecular weight is 241 g/mol. The van der Waals surface area contributed by atoms with Crippen LogP contribution in [-0.2, 0) is 0 Å². The van der Waals surface area contributed by atoms with Crippen LogP contribution in [0.3, 0.4) is 0 Å². The lowest BCUT2D eigenvalue weighted by Crippen LogP contribution is -2.29. The van der Waals surface area contributed by atoms with Gasteiger partial charge in [-0.15, -0.1) is 5.10 Å². The van der Waals surface area contributed by atoms with Gasteiger partial charge in [0, 0.05) is 5.25 Å². The molecule has 1 aromatic heterocycles. The van der Waals surface area contributed by atoms with E-state index in [0.29, 0.717) is 11.3 Å². The zero-order valence-corrected chi connectivity index (χ0v) is 10.7. The van der Waals surface area contributed by atoms with Gasteiger partial charge >= 0.3 is 0 Å². The molecule has 2 rings (SSSR count). The molecule has 0 spiro atoms. The molecule has 1 saturated carbocycles. The summed E-state index contributed by atoms with van der Waals surface area (Å²) in [6.45, 7) is 1.93. The zero-order chi connectivity index (χ0) is 11.5. The maximum absolute atomic E-state index is 5.88. The number of nitrogens with zero attached hydrogens (tertiary/aromatic N) is 4. The Balaban J connectivity index is 2.23. The van der Waals surface area contributed by atoms with Crippen LogP contribution in [0.15, 0.2) is 0 Å². The third-order valence-corrected chi connectivity index (χ3v) is 4.37. The summed E-state index contributed by atoms with van der Waals surface area (Å²) in [5.74, 6) is 0.811. The summed E-state index contributed by atoms with van der Waals surface area (Å²) in [4.78, 5) is 0. The van der Waals surface area contributed by atoms with E-state index in [4.69, 9.17) is 5.73 Å². The van der Waals surface area contributed by atoms with Crippen molar-refractivity contribution in [3.8, 4) is 0 Å². The third kappa shape index (κ3) is 2.22. The topological polar surface area (TPSA) is 69.6 Å². The Hall–Kier alpha value is -0.620. The quantitative estimate of drug-likeness (QED) is 0.869. The molecule has 0 aromatic carbocycles. The molecule has 0 amide bonds. The Morgan fingerprint density at radius 1 is 1.44 bits per heavy atom. The van der Waals surface area contributed by atoms with Crippen molar-refractivity contribution in [1.29, 1.82) is 0 Å². The Kier molecular flexibility index (Phi) is 3.81. The minimum Gasteiger partial charge on any atom is -0.322 e. The van der Waals surface area contributed by atoms with Crippen molar-refractivity contribution < 1.29 is 0 Å². The maximum Gasteiger partial charge on any atom is 0.168 e. The van der Waals surface area contributed by atoms with E-state index in [2.05, 4.69) is 21.8 Å². The number of rotatable bonds is 3. The highest BCUT2D eigenvalue weighted by molar-refractivity contribution is 7.99. The van der Waals surface area contributed by atoms with Crippen molar-refractivity contribution in [2.45, 2.75) is 49.9 Å². The Bertz CT molecular complexity index is 338. The molecule has 0 radical (unpaired) electrons. The molecule has 1 aromatic rings. The molecular weight excluding hydrogens is 222 g/mol. The number of hydrogen-bond acceptors (Lipinski definition) is 5. The zero-order valence-electron chi connectivity index (χ0n) is 9.83. The van der Waals surface area contributed by atoms with Gasteiger partial charge in [0.05, 0.1) is 12.1 Å². The van der Waals surface area contributed by atoms with E-state index < -0.39 is 0 Å². The van der Waals surface area contributed by atoms with Gasteiger partial charge in [0.25, 0.3) is 0 Å². The van der Waals surface area contributed by atoms with Crippen LogP contribution in [-0.4, -0.2) is 31.7 Å². The van der Waals surface area contributed by atoms with Gasteiger partial charge in [-0.2, -0.15) is 11.8 Å².